The standard InChI is InChI=1S/C15H26N4O/c1-10(2)11-6-8-19(9-7-11)13(20)12-16-14(18-17-12)15(3,4)5/h10-11H,6-9H2,1-5H3,(H,16,17,18). The second kappa shape index (κ2) is 5.54. The molecule has 20 heavy (non-hydrogen) atoms. The van der Waals surface area contributed by atoms with Crippen molar-refractivity contribution in [3.05, 3.63) is 11.6 Å². The van der Waals surface area contributed by atoms with Crippen LogP contribution in [0.4, 0.5) is 0 Å². The van der Waals surface area contributed by atoms with Crippen molar-refractivity contribution < 1.29 is 4.79 Å². The van der Waals surface area contributed by atoms with Crippen molar-refractivity contribution in [1.82, 2.24) is 20.1 Å². The van der Waals surface area contributed by atoms with Crippen molar-refractivity contribution in [2.24, 2.45) is 11.8 Å². The van der Waals surface area contributed by atoms with E-state index in [9.17, 15) is 4.79 Å². The summed E-state index contributed by atoms with van der Waals surface area (Å²) in [5, 5.41) is 6.97. The van der Waals surface area contributed by atoms with E-state index >= 15 is 0 Å². The molecule has 0 saturated carbocycles. The molecule has 0 aliphatic carbocycles. The average molecular weight is 278 g/mol. The normalized spacial score (nSPS) is 17.8. The molecular weight excluding hydrogens is 252 g/mol. The molecule has 0 unspecified atom stereocenters. The quantitative estimate of drug-likeness (QED) is 0.904. The minimum atomic E-state index is -0.115. The monoisotopic (exact) mass is 278 g/mol. The molecule has 1 aromatic rings. The third-order valence-corrected chi connectivity index (χ3v) is 4.16. The van der Waals surface area contributed by atoms with Gasteiger partial charge < -0.3 is 4.90 Å². The molecule has 5 nitrogen and oxygen atoms in total. The van der Waals surface area contributed by atoms with Crippen molar-refractivity contribution in [3.8, 4) is 0 Å². The lowest BCUT2D eigenvalue weighted by Gasteiger charge is -2.33. The van der Waals surface area contributed by atoms with Crippen LogP contribution in [0.25, 0.3) is 0 Å². The molecule has 1 N–H and O–H groups in total. The van der Waals surface area contributed by atoms with Crippen molar-refractivity contribution in [1.29, 1.82) is 0 Å². The molecule has 1 aliphatic rings. The van der Waals surface area contributed by atoms with Crippen LogP contribution in [0.5, 0.6) is 0 Å². The molecule has 1 aromatic heterocycles. The fraction of sp³-hybridized carbons (Fsp3) is 0.800. The molecule has 1 fully saturated rings. The molecule has 0 atom stereocenters. The van der Waals surface area contributed by atoms with E-state index in [1.54, 1.807) is 0 Å². The van der Waals surface area contributed by atoms with Crippen molar-refractivity contribution in [3.63, 3.8) is 0 Å². The fourth-order valence-electron chi connectivity index (χ4n) is 2.60. The van der Waals surface area contributed by atoms with Gasteiger partial charge in [-0.25, -0.2) is 4.98 Å². The largest absolute Gasteiger partial charge is 0.336 e. The summed E-state index contributed by atoms with van der Waals surface area (Å²) in [5.74, 6) is 2.45. The lowest BCUT2D eigenvalue weighted by atomic mass is 9.87. The number of nitrogens with zero attached hydrogens (tertiary/aromatic N) is 3. The summed E-state index contributed by atoms with van der Waals surface area (Å²) in [4.78, 5) is 18.6. The van der Waals surface area contributed by atoms with Gasteiger partial charge in [-0.15, -0.1) is 5.10 Å². The van der Waals surface area contributed by atoms with Gasteiger partial charge in [0.15, 0.2) is 0 Å². The van der Waals surface area contributed by atoms with Crippen LogP contribution >= 0.6 is 0 Å². The highest BCUT2D eigenvalue weighted by Gasteiger charge is 2.28. The molecular formula is C15H26N4O. The topological polar surface area (TPSA) is 61.9 Å². The molecule has 2 heterocycles. The van der Waals surface area contributed by atoms with E-state index in [0.717, 1.165) is 37.7 Å². The van der Waals surface area contributed by atoms with Gasteiger partial charge in [0.25, 0.3) is 5.91 Å². The van der Waals surface area contributed by atoms with E-state index < -0.39 is 0 Å². The molecule has 1 aliphatic heterocycles. The average Bonchev–Trinajstić information content (AvgIpc) is 2.87. The number of hydrogen-bond acceptors (Lipinski definition) is 3. The second-order valence-electron chi connectivity index (χ2n) is 7.13. The molecule has 0 radical (unpaired) electrons. The lowest BCUT2D eigenvalue weighted by Crippen LogP contribution is -2.40. The number of carbonyl (C=O) groups excluding carboxylic acids is 1. The minimum Gasteiger partial charge on any atom is -0.336 e. The molecule has 0 spiro atoms. The van der Waals surface area contributed by atoms with Crippen LogP contribution in [0.1, 0.15) is 63.9 Å². The summed E-state index contributed by atoms with van der Waals surface area (Å²) in [6.07, 6.45) is 2.17. The third kappa shape index (κ3) is 3.19. The Morgan fingerprint density at radius 1 is 1.30 bits per heavy atom. The van der Waals surface area contributed by atoms with Gasteiger partial charge in [-0.1, -0.05) is 34.6 Å². The molecule has 1 amide bonds. The van der Waals surface area contributed by atoms with Gasteiger partial charge in [0.2, 0.25) is 5.82 Å². The third-order valence-electron chi connectivity index (χ3n) is 4.16. The summed E-state index contributed by atoms with van der Waals surface area (Å²) >= 11 is 0. The first-order valence-corrected chi connectivity index (χ1v) is 7.51. The maximum atomic E-state index is 12.4. The zero-order valence-electron chi connectivity index (χ0n) is 13.2. The Morgan fingerprint density at radius 2 is 1.90 bits per heavy atom. The molecule has 1 saturated heterocycles. The van der Waals surface area contributed by atoms with Gasteiger partial charge in [-0.3, -0.25) is 9.89 Å². The fourth-order valence-corrected chi connectivity index (χ4v) is 2.60. The summed E-state index contributed by atoms with van der Waals surface area (Å²) in [6, 6.07) is 0. The SMILES string of the molecule is CC(C)C1CCN(C(=O)c2n[nH]c(C(C)(C)C)n2)CC1. The van der Waals surface area contributed by atoms with Crippen LogP contribution in [0.15, 0.2) is 0 Å². The minimum absolute atomic E-state index is 0.0426. The van der Waals surface area contributed by atoms with Gasteiger partial charge in [0, 0.05) is 18.5 Å². The van der Waals surface area contributed by atoms with Gasteiger partial charge in [0.05, 0.1) is 0 Å². The Balaban J connectivity index is 2.01. The Labute approximate surface area is 121 Å². The number of hydrogen-bond donors (Lipinski definition) is 1. The summed E-state index contributed by atoms with van der Waals surface area (Å²) in [5.41, 5.74) is -0.115. The number of piperidine rings is 1. The zero-order valence-corrected chi connectivity index (χ0v) is 13.2. The maximum Gasteiger partial charge on any atom is 0.293 e. The van der Waals surface area contributed by atoms with E-state index in [4.69, 9.17) is 0 Å². The first kappa shape index (κ1) is 15.0. The Hall–Kier alpha value is -1.39. The van der Waals surface area contributed by atoms with Crippen LogP contribution in [0.2, 0.25) is 0 Å². The smallest absolute Gasteiger partial charge is 0.293 e. The summed E-state index contributed by atoms with van der Waals surface area (Å²) < 4.78 is 0. The van der Waals surface area contributed by atoms with E-state index in [1.807, 2.05) is 4.90 Å². The number of amides is 1. The van der Waals surface area contributed by atoms with Crippen molar-refractivity contribution in [2.75, 3.05) is 13.1 Å². The number of rotatable bonds is 2. The van der Waals surface area contributed by atoms with Gasteiger partial charge in [-0.2, -0.15) is 0 Å². The number of carbonyl (C=O) groups is 1. The molecule has 0 aromatic carbocycles. The maximum absolute atomic E-state index is 12.4. The van der Waals surface area contributed by atoms with Crippen LogP contribution in [-0.4, -0.2) is 39.1 Å². The Kier molecular flexibility index (Phi) is 4.16. The van der Waals surface area contributed by atoms with E-state index in [-0.39, 0.29) is 11.3 Å². The zero-order chi connectivity index (χ0) is 14.9. The van der Waals surface area contributed by atoms with E-state index in [0.29, 0.717) is 11.7 Å². The number of aromatic amines is 1. The summed E-state index contributed by atoms with van der Waals surface area (Å²) in [7, 11) is 0. The Morgan fingerprint density at radius 3 is 2.35 bits per heavy atom. The highest BCUT2D eigenvalue weighted by atomic mass is 16.2. The summed E-state index contributed by atoms with van der Waals surface area (Å²) in [6.45, 7) is 12.3. The predicted octanol–water partition coefficient (Wildman–Crippen LogP) is 2.61. The first-order valence-electron chi connectivity index (χ1n) is 7.51. The van der Waals surface area contributed by atoms with Gasteiger partial charge in [-0.05, 0) is 24.7 Å². The highest BCUT2D eigenvalue weighted by molar-refractivity contribution is 5.90. The number of aromatic nitrogens is 3. The molecule has 112 valence electrons. The van der Waals surface area contributed by atoms with Crippen LogP contribution in [0, 0.1) is 11.8 Å². The highest BCUT2D eigenvalue weighted by Crippen LogP contribution is 2.25. The number of likely N-dealkylation sites (tertiary alicyclic amines) is 1. The van der Waals surface area contributed by atoms with Gasteiger partial charge in [0.1, 0.15) is 5.82 Å². The molecule has 0 bridgehead atoms. The Bertz CT molecular complexity index is 464. The van der Waals surface area contributed by atoms with E-state index in [2.05, 4.69) is 49.8 Å². The van der Waals surface area contributed by atoms with Crippen molar-refractivity contribution >= 4 is 5.91 Å². The second-order valence-corrected chi connectivity index (χ2v) is 7.13. The van der Waals surface area contributed by atoms with Crippen LogP contribution in [-0.2, 0) is 5.41 Å². The number of nitrogens with one attached hydrogen (secondary N) is 1. The predicted molar refractivity (Wildman–Crippen MR) is 78.5 cm³/mol. The van der Waals surface area contributed by atoms with E-state index in [1.165, 1.54) is 0 Å². The van der Waals surface area contributed by atoms with Crippen LogP contribution < -0.4 is 0 Å². The lowest BCUT2D eigenvalue weighted by molar-refractivity contribution is 0.0656. The molecule has 2 rings (SSSR count). The van der Waals surface area contributed by atoms with Gasteiger partial charge >= 0.3 is 0 Å². The van der Waals surface area contributed by atoms with Crippen LogP contribution in [0.3, 0.4) is 0 Å². The molecule has 5 heteroatoms. The number of H-pyrrole nitrogens is 1. The first-order chi connectivity index (χ1) is 9.29. The van der Waals surface area contributed by atoms with Crippen molar-refractivity contribution in [2.45, 2.75) is 52.9 Å².